The Morgan fingerprint density at radius 3 is 2.64 bits per heavy atom. The summed E-state index contributed by atoms with van der Waals surface area (Å²) in [5.41, 5.74) is 5.55. The number of ether oxygens (including phenoxy) is 1. The number of nitrogens with two attached hydrogens (primary N) is 1. The van der Waals surface area contributed by atoms with Crippen LogP contribution in [0.5, 0.6) is 0 Å². The number of nitrogens with zero attached hydrogens (tertiary/aromatic N) is 1. The monoisotopic (exact) mass is 369 g/mol. The summed E-state index contributed by atoms with van der Waals surface area (Å²) in [6.07, 6.45) is -0.0693. The fraction of sp³-hybridized carbons (Fsp3) is 0.529. The standard InChI is InChI=1S/C17H24ClN3O4/c1-21(15(23)14(10-22)25-16(19)24)17(7-2-8-20-11-17)9-12-3-5-13(18)6-4-12/h3-6,14,20,22H,2,7-11H2,1H3,(H2,19,24)/t14?,17-/m1/s1. The molecular formula is C17H24ClN3O4. The molecule has 0 bridgehead atoms. The van der Waals surface area contributed by atoms with Gasteiger partial charge in [-0.2, -0.15) is 0 Å². The molecule has 2 atom stereocenters. The second-order valence-electron chi connectivity index (χ2n) is 6.31. The number of benzene rings is 1. The summed E-state index contributed by atoms with van der Waals surface area (Å²) < 4.78 is 4.74. The first-order chi connectivity index (χ1) is 11.9. The molecule has 1 aliphatic rings. The Bertz CT molecular complexity index is 602. The molecule has 0 aliphatic carbocycles. The van der Waals surface area contributed by atoms with Crippen LogP contribution >= 0.6 is 11.6 Å². The van der Waals surface area contributed by atoms with Crippen LogP contribution in [-0.4, -0.2) is 60.4 Å². The number of hydrogen-bond donors (Lipinski definition) is 3. The van der Waals surface area contributed by atoms with Gasteiger partial charge in [-0.3, -0.25) is 4.79 Å². The van der Waals surface area contributed by atoms with Gasteiger partial charge in [0.1, 0.15) is 0 Å². The van der Waals surface area contributed by atoms with Crippen molar-refractivity contribution < 1.29 is 19.4 Å². The minimum atomic E-state index is -1.30. The normalized spacial score (nSPS) is 21.4. The number of nitrogens with one attached hydrogen (secondary N) is 1. The molecule has 0 spiro atoms. The van der Waals surface area contributed by atoms with Gasteiger partial charge in [-0.05, 0) is 43.5 Å². The third-order valence-electron chi connectivity index (χ3n) is 4.64. The smallest absolute Gasteiger partial charge is 0.405 e. The van der Waals surface area contributed by atoms with E-state index in [1.54, 1.807) is 11.9 Å². The van der Waals surface area contributed by atoms with E-state index in [0.717, 1.165) is 24.9 Å². The molecular weight excluding hydrogens is 346 g/mol. The molecule has 1 saturated heterocycles. The Kier molecular flexibility index (Phi) is 6.64. The van der Waals surface area contributed by atoms with Gasteiger partial charge in [-0.25, -0.2) is 4.79 Å². The second-order valence-corrected chi connectivity index (χ2v) is 6.75. The van der Waals surface area contributed by atoms with E-state index in [1.807, 2.05) is 24.3 Å². The summed E-state index contributed by atoms with van der Waals surface area (Å²) >= 11 is 5.95. The number of aliphatic hydroxyl groups excluding tert-OH is 1. The fourth-order valence-corrected chi connectivity index (χ4v) is 3.37. The van der Waals surface area contributed by atoms with E-state index in [2.05, 4.69) is 5.32 Å². The summed E-state index contributed by atoms with van der Waals surface area (Å²) in [4.78, 5) is 25.3. The molecule has 2 rings (SSSR count). The number of amides is 2. The molecule has 25 heavy (non-hydrogen) atoms. The van der Waals surface area contributed by atoms with Crippen LogP contribution in [0.3, 0.4) is 0 Å². The van der Waals surface area contributed by atoms with Crippen molar-refractivity contribution in [2.75, 3.05) is 26.7 Å². The zero-order valence-corrected chi connectivity index (χ0v) is 15.0. The molecule has 0 saturated carbocycles. The second kappa shape index (κ2) is 8.51. The lowest BCUT2D eigenvalue weighted by Gasteiger charge is -2.46. The number of carbonyl (C=O) groups excluding carboxylic acids is 2. The van der Waals surface area contributed by atoms with Crippen molar-refractivity contribution in [3.8, 4) is 0 Å². The minimum absolute atomic E-state index is 0.473. The van der Waals surface area contributed by atoms with Crippen molar-refractivity contribution in [1.29, 1.82) is 0 Å². The third kappa shape index (κ3) is 4.84. The highest BCUT2D eigenvalue weighted by Gasteiger charge is 2.41. The van der Waals surface area contributed by atoms with E-state index in [9.17, 15) is 14.7 Å². The van der Waals surface area contributed by atoms with E-state index in [1.165, 1.54) is 0 Å². The van der Waals surface area contributed by atoms with Crippen molar-refractivity contribution >= 4 is 23.6 Å². The van der Waals surface area contributed by atoms with E-state index in [0.29, 0.717) is 18.0 Å². The lowest BCUT2D eigenvalue weighted by molar-refractivity contribution is -0.147. The van der Waals surface area contributed by atoms with Crippen LogP contribution in [0.1, 0.15) is 18.4 Å². The van der Waals surface area contributed by atoms with E-state index >= 15 is 0 Å². The molecule has 1 unspecified atom stereocenters. The zero-order valence-electron chi connectivity index (χ0n) is 14.2. The van der Waals surface area contributed by atoms with Gasteiger partial charge < -0.3 is 25.8 Å². The highest BCUT2D eigenvalue weighted by Crippen LogP contribution is 2.29. The minimum Gasteiger partial charge on any atom is -0.434 e. The van der Waals surface area contributed by atoms with Crippen LogP contribution < -0.4 is 11.1 Å². The van der Waals surface area contributed by atoms with Gasteiger partial charge in [-0.1, -0.05) is 23.7 Å². The average molecular weight is 370 g/mol. The highest BCUT2D eigenvalue weighted by atomic mass is 35.5. The number of likely N-dealkylation sites (N-methyl/N-ethyl adjacent to an activating group) is 1. The van der Waals surface area contributed by atoms with Crippen LogP contribution in [-0.2, 0) is 16.0 Å². The molecule has 4 N–H and O–H groups in total. The van der Waals surface area contributed by atoms with Crippen LogP contribution in [0.25, 0.3) is 0 Å². The molecule has 0 radical (unpaired) electrons. The fourth-order valence-electron chi connectivity index (χ4n) is 3.25. The Labute approximate surface area is 152 Å². The van der Waals surface area contributed by atoms with Gasteiger partial charge in [0.2, 0.25) is 6.10 Å². The van der Waals surface area contributed by atoms with Crippen LogP contribution in [0.4, 0.5) is 4.79 Å². The summed E-state index contributed by atoms with van der Waals surface area (Å²) in [5, 5.41) is 13.4. The Balaban J connectivity index is 2.23. The predicted molar refractivity (Wildman–Crippen MR) is 94.3 cm³/mol. The quantitative estimate of drug-likeness (QED) is 0.691. The Morgan fingerprint density at radius 1 is 1.44 bits per heavy atom. The largest absolute Gasteiger partial charge is 0.434 e. The summed E-state index contributed by atoms with van der Waals surface area (Å²) in [5.74, 6) is -0.473. The maximum atomic E-state index is 12.7. The molecule has 1 aromatic carbocycles. The molecule has 1 aromatic rings. The van der Waals surface area contributed by atoms with Gasteiger partial charge in [0, 0.05) is 18.6 Å². The lowest BCUT2D eigenvalue weighted by Crippen LogP contribution is -2.61. The van der Waals surface area contributed by atoms with E-state index < -0.39 is 30.3 Å². The molecule has 7 nitrogen and oxygen atoms in total. The number of primary amides is 1. The summed E-state index contributed by atoms with van der Waals surface area (Å²) in [7, 11) is 1.66. The van der Waals surface area contributed by atoms with E-state index in [-0.39, 0.29) is 0 Å². The first-order valence-electron chi connectivity index (χ1n) is 8.18. The van der Waals surface area contributed by atoms with Crippen molar-refractivity contribution in [2.45, 2.75) is 30.9 Å². The van der Waals surface area contributed by atoms with Gasteiger partial charge in [0.05, 0.1) is 12.1 Å². The molecule has 0 aromatic heterocycles. The lowest BCUT2D eigenvalue weighted by atomic mass is 9.82. The molecule has 2 amide bonds. The SMILES string of the molecule is CN(C(=O)C(CO)OC(N)=O)[C@@]1(Cc2ccc(Cl)cc2)CCCNC1. The van der Waals surface area contributed by atoms with Gasteiger partial charge in [0.25, 0.3) is 5.91 Å². The van der Waals surface area contributed by atoms with Crippen molar-refractivity contribution in [3.63, 3.8) is 0 Å². The molecule has 1 heterocycles. The summed E-state index contributed by atoms with van der Waals surface area (Å²) in [6, 6.07) is 7.49. The summed E-state index contributed by atoms with van der Waals surface area (Å²) in [6.45, 7) is 0.870. The highest BCUT2D eigenvalue weighted by molar-refractivity contribution is 6.30. The van der Waals surface area contributed by atoms with Crippen molar-refractivity contribution in [2.24, 2.45) is 5.73 Å². The zero-order chi connectivity index (χ0) is 18.4. The van der Waals surface area contributed by atoms with E-state index in [4.69, 9.17) is 22.1 Å². The van der Waals surface area contributed by atoms with Crippen LogP contribution in [0.15, 0.2) is 24.3 Å². The number of rotatable bonds is 6. The number of hydrogen-bond acceptors (Lipinski definition) is 5. The van der Waals surface area contributed by atoms with Crippen molar-refractivity contribution in [3.05, 3.63) is 34.9 Å². The van der Waals surface area contributed by atoms with Gasteiger partial charge in [0.15, 0.2) is 0 Å². The van der Waals surface area contributed by atoms with Crippen molar-refractivity contribution in [1.82, 2.24) is 10.2 Å². The van der Waals surface area contributed by atoms with Crippen LogP contribution in [0.2, 0.25) is 5.02 Å². The molecule has 138 valence electrons. The molecule has 1 aliphatic heterocycles. The molecule has 1 fully saturated rings. The Hall–Kier alpha value is -1.83. The maximum Gasteiger partial charge on any atom is 0.405 e. The number of piperidine rings is 1. The predicted octanol–water partition coefficient (Wildman–Crippen LogP) is 0.919. The number of carbonyl (C=O) groups is 2. The van der Waals surface area contributed by atoms with Gasteiger partial charge >= 0.3 is 6.09 Å². The average Bonchev–Trinajstić information content (AvgIpc) is 2.61. The first-order valence-corrected chi connectivity index (χ1v) is 8.55. The number of halogens is 1. The topological polar surface area (TPSA) is 105 Å². The van der Waals surface area contributed by atoms with Crippen LogP contribution in [0, 0.1) is 0 Å². The third-order valence-corrected chi connectivity index (χ3v) is 4.89. The number of aliphatic hydroxyl groups is 1. The Morgan fingerprint density at radius 2 is 2.12 bits per heavy atom. The van der Waals surface area contributed by atoms with Gasteiger partial charge in [-0.15, -0.1) is 0 Å². The maximum absolute atomic E-state index is 12.7. The first kappa shape index (κ1) is 19.5. The molecule has 8 heteroatoms.